The number of carbonyl (C=O) groups is 1. The fourth-order valence-corrected chi connectivity index (χ4v) is 3.80. The van der Waals surface area contributed by atoms with E-state index in [1.54, 1.807) is 0 Å². The Morgan fingerprint density at radius 1 is 1.38 bits per heavy atom. The van der Waals surface area contributed by atoms with Gasteiger partial charge in [-0.1, -0.05) is 23.7 Å². The van der Waals surface area contributed by atoms with E-state index in [4.69, 9.17) is 16.3 Å². The average Bonchev–Trinajstić information content (AvgIpc) is 3.03. The quantitative estimate of drug-likeness (QED) is 0.660. The Morgan fingerprint density at radius 2 is 2.23 bits per heavy atom. The molecule has 6 nitrogen and oxygen atoms in total. The van der Waals surface area contributed by atoms with E-state index in [0.29, 0.717) is 5.02 Å². The van der Waals surface area contributed by atoms with E-state index in [1.165, 1.54) is 24.9 Å². The second-order valence-corrected chi connectivity index (χ2v) is 6.78. The van der Waals surface area contributed by atoms with Gasteiger partial charge in [0, 0.05) is 23.3 Å². The van der Waals surface area contributed by atoms with Gasteiger partial charge in [-0.05, 0) is 30.9 Å². The maximum absolute atomic E-state index is 12.6. The van der Waals surface area contributed by atoms with Crippen LogP contribution in [0.1, 0.15) is 40.6 Å². The molecule has 7 heteroatoms. The van der Waals surface area contributed by atoms with Crippen LogP contribution >= 0.6 is 11.6 Å². The zero-order valence-electron chi connectivity index (χ0n) is 14.2. The Kier molecular flexibility index (Phi) is 4.20. The maximum atomic E-state index is 12.6. The normalized spacial score (nSPS) is 16.3. The molecule has 1 aliphatic rings. The molecule has 134 valence electrons. The molecule has 0 spiro atoms. The number of H-pyrrole nitrogens is 2. The summed E-state index contributed by atoms with van der Waals surface area (Å²) >= 11 is 6.30. The lowest BCUT2D eigenvalue weighted by Crippen LogP contribution is -2.32. The fourth-order valence-electron chi connectivity index (χ4n) is 3.58. The molecule has 2 heterocycles. The summed E-state index contributed by atoms with van der Waals surface area (Å²) in [6.07, 6.45) is 4.13. The van der Waals surface area contributed by atoms with Crippen molar-refractivity contribution in [2.45, 2.75) is 25.3 Å². The van der Waals surface area contributed by atoms with Crippen molar-refractivity contribution in [3.63, 3.8) is 0 Å². The van der Waals surface area contributed by atoms with Crippen LogP contribution in [-0.2, 0) is 6.42 Å². The van der Waals surface area contributed by atoms with Crippen molar-refractivity contribution in [3.05, 3.63) is 62.7 Å². The van der Waals surface area contributed by atoms with Crippen molar-refractivity contribution in [2.75, 3.05) is 7.11 Å². The van der Waals surface area contributed by atoms with Crippen molar-refractivity contribution >= 4 is 28.4 Å². The minimum atomic E-state index is -0.335. The number of nitrogens with one attached hydrogen (secondary N) is 3. The molecule has 26 heavy (non-hydrogen) atoms. The van der Waals surface area contributed by atoms with Crippen molar-refractivity contribution < 1.29 is 9.53 Å². The van der Waals surface area contributed by atoms with Crippen LogP contribution in [0.15, 0.2) is 35.3 Å². The molecular formula is C19H18ClN3O3. The van der Waals surface area contributed by atoms with Crippen LogP contribution in [0.5, 0.6) is 5.75 Å². The largest absolute Gasteiger partial charge is 0.491 e. The first-order valence-electron chi connectivity index (χ1n) is 8.45. The molecule has 0 radical (unpaired) electrons. The first kappa shape index (κ1) is 16.7. The minimum Gasteiger partial charge on any atom is -0.491 e. The number of hydrogen-bond donors (Lipinski definition) is 3. The Balaban J connectivity index is 1.65. The number of hydrogen-bond acceptors (Lipinski definition) is 3. The summed E-state index contributed by atoms with van der Waals surface area (Å²) in [5.74, 6) is -0.154. The highest BCUT2D eigenvalue weighted by Crippen LogP contribution is 2.37. The first-order chi connectivity index (χ1) is 12.6. The Bertz CT molecular complexity index is 1050. The van der Waals surface area contributed by atoms with Gasteiger partial charge < -0.3 is 20.0 Å². The van der Waals surface area contributed by atoms with Crippen LogP contribution < -0.4 is 15.5 Å². The monoisotopic (exact) mass is 371 g/mol. The average molecular weight is 372 g/mol. The molecule has 1 atom stereocenters. The molecule has 1 amide bonds. The van der Waals surface area contributed by atoms with E-state index in [2.05, 4.69) is 15.3 Å². The van der Waals surface area contributed by atoms with Crippen LogP contribution in [0, 0.1) is 0 Å². The predicted octanol–water partition coefficient (Wildman–Crippen LogP) is 3.33. The second kappa shape index (κ2) is 6.53. The van der Waals surface area contributed by atoms with Crippen LogP contribution in [0.4, 0.5) is 0 Å². The van der Waals surface area contributed by atoms with Gasteiger partial charge in [0.05, 0.1) is 23.7 Å². The van der Waals surface area contributed by atoms with E-state index in [9.17, 15) is 9.59 Å². The molecule has 0 aliphatic heterocycles. The van der Waals surface area contributed by atoms with Crippen molar-refractivity contribution in [3.8, 4) is 5.75 Å². The molecule has 4 rings (SSSR count). The molecule has 2 aromatic heterocycles. The number of fused-ring (bicyclic) bond motifs is 3. The van der Waals surface area contributed by atoms with Crippen LogP contribution in [-0.4, -0.2) is 23.0 Å². The Hall–Kier alpha value is -2.73. The molecule has 1 aromatic carbocycles. The molecule has 1 aliphatic carbocycles. The number of pyridine rings is 1. The number of carbonyl (C=O) groups excluding carboxylic acids is 1. The first-order valence-corrected chi connectivity index (χ1v) is 8.83. The molecule has 0 saturated heterocycles. The lowest BCUT2D eigenvalue weighted by molar-refractivity contribution is 0.0926. The second-order valence-electron chi connectivity index (χ2n) is 6.38. The number of aromatic nitrogens is 2. The van der Waals surface area contributed by atoms with E-state index in [1.807, 2.05) is 18.2 Å². The summed E-state index contributed by atoms with van der Waals surface area (Å²) < 4.78 is 4.93. The van der Waals surface area contributed by atoms with E-state index >= 15 is 0 Å². The predicted molar refractivity (Wildman–Crippen MR) is 100 cm³/mol. The van der Waals surface area contributed by atoms with Crippen LogP contribution in [0.25, 0.3) is 10.9 Å². The van der Waals surface area contributed by atoms with Crippen molar-refractivity contribution in [1.82, 2.24) is 15.3 Å². The van der Waals surface area contributed by atoms with Gasteiger partial charge in [0.15, 0.2) is 5.75 Å². The van der Waals surface area contributed by atoms with Gasteiger partial charge in [0.1, 0.15) is 5.69 Å². The molecule has 0 saturated carbocycles. The summed E-state index contributed by atoms with van der Waals surface area (Å²) in [7, 11) is 1.41. The summed E-state index contributed by atoms with van der Waals surface area (Å²) in [6, 6.07) is 6.92. The van der Waals surface area contributed by atoms with Gasteiger partial charge in [-0.2, -0.15) is 0 Å². The van der Waals surface area contributed by atoms with Gasteiger partial charge >= 0.3 is 0 Å². The number of ether oxygens (including phenoxy) is 1. The van der Waals surface area contributed by atoms with Gasteiger partial charge in [-0.15, -0.1) is 0 Å². The standard InChI is InChI=1S/C19H18ClN3O3/c1-26-16-9-21-14(8-15(16)24)19(25)22-13-7-3-5-11-10-4-2-6-12(20)17(10)23-18(11)13/h2,4,6,8-9,13,23H,3,5,7H2,1H3,(H,21,24)(H,22,25)/t13-/m1/s1. The number of aromatic amines is 2. The van der Waals surface area contributed by atoms with Crippen LogP contribution in [0.3, 0.4) is 0 Å². The maximum Gasteiger partial charge on any atom is 0.268 e. The van der Waals surface area contributed by atoms with Crippen molar-refractivity contribution in [2.24, 2.45) is 0 Å². The van der Waals surface area contributed by atoms with Crippen molar-refractivity contribution in [1.29, 1.82) is 0 Å². The third kappa shape index (κ3) is 2.76. The molecular weight excluding hydrogens is 354 g/mol. The molecule has 3 N–H and O–H groups in total. The van der Waals surface area contributed by atoms with Gasteiger partial charge in [-0.3, -0.25) is 9.59 Å². The highest BCUT2D eigenvalue weighted by atomic mass is 35.5. The molecule has 0 bridgehead atoms. The smallest absolute Gasteiger partial charge is 0.268 e. The number of methoxy groups -OCH3 is 1. The highest BCUT2D eigenvalue weighted by molar-refractivity contribution is 6.35. The summed E-state index contributed by atoms with van der Waals surface area (Å²) in [4.78, 5) is 30.7. The molecule has 0 fully saturated rings. The molecule has 3 aromatic rings. The highest BCUT2D eigenvalue weighted by Gasteiger charge is 2.26. The Morgan fingerprint density at radius 3 is 3.00 bits per heavy atom. The van der Waals surface area contributed by atoms with Gasteiger partial charge in [-0.25, -0.2) is 0 Å². The number of rotatable bonds is 3. The zero-order chi connectivity index (χ0) is 18.3. The fraction of sp³-hybridized carbons (Fsp3) is 0.263. The van der Waals surface area contributed by atoms with Gasteiger partial charge in [0.2, 0.25) is 5.43 Å². The number of halogens is 1. The minimum absolute atomic E-state index is 0.152. The summed E-state index contributed by atoms with van der Waals surface area (Å²) in [5, 5.41) is 4.78. The van der Waals surface area contributed by atoms with E-state index in [0.717, 1.165) is 35.9 Å². The lowest BCUT2D eigenvalue weighted by atomic mass is 9.91. The summed E-state index contributed by atoms with van der Waals surface area (Å²) in [5.41, 5.74) is 2.96. The summed E-state index contributed by atoms with van der Waals surface area (Å²) in [6.45, 7) is 0. The number of amides is 1. The van der Waals surface area contributed by atoms with E-state index < -0.39 is 0 Å². The lowest BCUT2D eigenvalue weighted by Gasteiger charge is -2.23. The molecule has 0 unspecified atom stereocenters. The van der Waals surface area contributed by atoms with Gasteiger partial charge in [0.25, 0.3) is 5.91 Å². The third-order valence-electron chi connectivity index (χ3n) is 4.84. The number of para-hydroxylation sites is 1. The SMILES string of the molecule is COc1c[nH]c(C(=O)N[C@@H]2CCCc3c2[nH]c2c(Cl)cccc32)cc1=O. The Labute approximate surface area is 154 Å². The van der Waals surface area contributed by atoms with Crippen LogP contribution in [0.2, 0.25) is 5.02 Å². The van der Waals surface area contributed by atoms with E-state index in [-0.39, 0.29) is 28.8 Å². The third-order valence-corrected chi connectivity index (χ3v) is 5.15. The zero-order valence-corrected chi connectivity index (χ0v) is 14.9. The number of aryl methyl sites for hydroxylation is 1. The topological polar surface area (TPSA) is 87.0 Å². The number of benzene rings is 1.